The van der Waals surface area contributed by atoms with Crippen LogP contribution in [0.5, 0.6) is 0 Å². The van der Waals surface area contributed by atoms with E-state index in [9.17, 15) is 10.2 Å². The van der Waals surface area contributed by atoms with Gasteiger partial charge in [-0.15, -0.1) is 11.6 Å². The maximum Gasteiger partial charge on any atom is 0.105 e. The molecule has 0 radical (unpaired) electrons. The SMILES string of the molecule is Cc1cc(Cl)cc(C)c1C(O)C(O)CCCl. The number of rotatable bonds is 4. The third kappa shape index (κ3) is 3.11. The summed E-state index contributed by atoms with van der Waals surface area (Å²) in [4.78, 5) is 0. The van der Waals surface area contributed by atoms with Crippen molar-refractivity contribution in [2.45, 2.75) is 32.5 Å². The van der Waals surface area contributed by atoms with Crippen molar-refractivity contribution in [3.8, 4) is 0 Å². The van der Waals surface area contributed by atoms with Gasteiger partial charge in [0.2, 0.25) is 0 Å². The molecule has 0 heterocycles. The molecular weight excluding hydrogens is 247 g/mol. The second kappa shape index (κ2) is 5.87. The second-order valence-corrected chi connectivity index (χ2v) is 4.76. The van der Waals surface area contributed by atoms with E-state index in [4.69, 9.17) is 23.2 Å². The quantitative estimate of drug-likeness (QED) is 0.820. The summed E-state index contributed by atoms with van der Waals surface area (Å²) >= 11 is 11.4. The summed E-state index contributed by atoms with van der Waals surface area (Å²) in [6, 6.07) is 3.56. The Bertz CT molecular complexity index is 343. The molecule has 1 rings (SSSR count). The Labute approximate surface area is 106 Å². The maximum atomic E-state index is 10.0. The van der Waals surface area contributed by atoms with Gasteiger partial charge < -0.3 is 10.2 Å². The molecule has 0 aliphatic rings. The zero-order valence-electron chi connectivity index (χ0n) is 9.37. The molecule has 16 heavy (non-hydrogen) atoms. The molecule has 0 aliphatic carbocycles. The van der Waals surface area contributed by atoms with Crippen molar-refractivity contribution in [2.75, 3.05) is 5.88 Å². The second-order valence-electron chi connectivity index (χ2n) is 3.94. The highest BCUT2D eigenvalue weighted by Gasteiger charge is 2.21. The molecule has 1 aromatic rings. The van der Waals surface area contributed by atoms with Crippen LogP contribution in [0.25, 0.3) is 0 Å². The van der Waals surface area contributed by atoms with Crippen molar-refractivity contribution in [3.05, 3.63) is 33.8 Å². The molecule has 0 aromatic heterocycles. The molecular formula is C12H16Cl2O2. The topological polar surface area (TPSA) is 40.5 Å². The minimum atomic E-state index is -0.906. The van der Waals surface area contributed by atoms with E-state index in [0.717, 1.165) is 16.7 Å². The number of aliphatic hydroxyl groups excluding tert-OH is 2. The van der Waals surface area contributed by atoms with Crippen LogP contribution in [0, 0.1) is 13.8 Å². The number of aliphatic hydroxyl groups is 2. The minimum absolute atomic E-state index is 0.323. The van der Waals surface area contributed by atoms with E-state index in [0.29, 0.717) is 17.3 Å². The van der Waals surface area contributed by atoms with E-state index < -0.39 is 12.2 Å². The monoisotopic (exact) mass is 262 g/mol. The highest BCUT2D eigenvalue weighted by Crippen LogP contribution is 2.28. The lowest BCUT2D eigenvalue weighted by Gasteiger charge is -2.21. The number of halogens is 2. The molecule has 0 saturated carbocycles. The lowest BCUT2D eigenvalue weighted by atomic mass is 9.94. The largest absolute Gasteiger partial charge is 0.390 e. The van der Waals surface area contributed by atoms with Crippen LogP contribution in [0.15, 0.2) is 12.1 Å². The molecule has 0 saturated heterocycles. The zero-order chi connectivity index (χ0) is 12.3. The third-order valence-electron chi connectivity index (χ3n) is 2.62. The highest BCUT2D eigenvalue weighted by atomic mass is 35.5. The Balaban J connectivity index is 3.03. The number of hydrogen-bond donors (Lipinski definition) is 2. The average Bonchev–Trinajstić information content (AvgIpc) is 2.16. The van der Waals surface area contributed by atoms with Crippen LogP contribution in [0.3, 0.4) is 0 Å². The molecule has 0 spiro atoms. The molecule has 2 unspecified atom stereocenters. The molecule has 2 nitrogen and oxygen atoms in total. The van der Waals surface area contributed by atoms with E-state index in [2.05, 4.69) is 0 Å². The first kappa shape index (κ1) is 13.8. The van der Waals surface area contributed by atoms with Crippen LogP contribution in [-0.4, -0.2) is 22.2 Å². The smallest absolute Gasteiger partial charge is 0.105 e. The number of alkyl halides is 1. The summed E-state index contributed by atoms with van der Waals surface area (Å²) in [5, 5.41) is 20.4. The average molecular weight is 263 g/mol. The van der Waals surface area contributed by atoms with Crippen LogP contribution in [0.1, 0.15) is 29.2 Å². The van der Waals surface area contributed by atoms with Crippen LogP contribution >= 0.6 is 23.2 Å². The number of aryl methyl sites for hydroxylation is 2. The van der Waals surface area contributed by atoms with Crippen LogP contribution in [0.4, 0.5) is 0 Å². The predicted octanol–water partition coefficient (Wildman–Crippen LogP) is 2.98. The molecule has 0 aliphatic heterocycles. The third-order valence-corrected chi connectivity index (χ3v) is 3.06. The summed E-state index contributed by atoms with van der Waals surface area (Å²) in [6.45, 7) is 3.73. The lowest BCUT2D eigenvalue weighted by Crippen LogP contribution is -2.20. The van der Waals surface area contributed by atoms with Crippen molar-refractivity contribution < 1.29 is 10.2 Å². The van der Waals surface area contributed by atoms with Crippen molar-refractivity contribution in [2.24, 2.45) is 0 Å². The maximum absolute atomic E-state index is 10.0. The van der Waals surface area contributed by atoms with Crippen LogP contribution < -0.4 is 0 Å². The Morgan fingerprint density at radius 2 is 1.69 bits per heavy atom. The van der Waals surface area contributed by atoms with E-state index in [1.807, 2.05) is 13.8 Å². The molecule has 0 bridgehead atoms. The van der Waals surface area contributed by atoms with E-state index in [1.165, 1.54) is 0 Å². The van der Waals surface area contributed by atoms with Gasteiger partial charge in [0.1, 0.15) is 6.10 Å². The molecule has 2 N–H and O–H groups in total. The van der Waals surface area contributed by atoms with Crippen molar-refractivity contribution in [3.63, 3.8) is 0 Å². The first-order valence-electron chi connectivity index (χ1n) is 5.16. The van der Waals surface area contributed by atoms with Gasteiger partial charge in [-0.3, -0.25) is 0 Å². The zero-order valence-corrected chi connectivity index (χ0v) is 10.9. The number of benzene rings is 1. The Morgan fingerprint density at radius 3 is 2.12 bits per heavy atom. The highest BCUT2D eigenvalue weighted by molar-refractivity contribution is 6.30. The lowest BCUT2D eigenvalue weighted by molar-refractivity contribution is 0.0162. The molecule has 90 valence electrons. The normalized spacial score (nSPS) is 14.9. The molecule has 0 amide bonds. The van der Waals surface area contributed by atoms with Gasteiger partial charge in [0.05, 0.1) is 6.10 Å². The molecule has 1 aromatic carbocycles. The first-order valence-corrected chi connectivity index (χ1v) is 6.07. The predicted molar refractivity (Wildman–Crippen MR) is 67.2 cm³/mol. The van der Waals surface area contributed by atoms with Gasteiger partial charge in [-0.25, -0.2) is 0 Å². The Kier molecular flexibility index (Phi) is 5.06. The van der Waals surface area contributed by atoms with Crippen LogP contribution in [-0.2, 0) is 0 Å². The summed E-state index contributed by atoms with van der Waals surface area (Å²) in [6.07, 6.45) is -1.38. The van der Waals surface area contributed by atoms with Gasteiger partial charge >= 0.3 is 0 Å². The van der Waals surface area contributed by atoms with Gasteiger partial charge in [0.25, 0.3) is 0 Å². The van der Waals surface area contributed by atoms with Gasteiger partial charge in [0.15, 0.2) is 0 Å². The van der Waals surface area contributed by atoms with Crippen molar-refractivity contribution in [1.29, 1.82) is 0 Å². The summed E-state index contributed by atoms with van der Waals surface area (Å²) < 4.78 is 0. The van der Waals surface area contributed by atoms with E-state index >= 15 is 0 Å². The van der Waals surface area contributed by atoms with Crippen LogP contribution in [0.2, 0.25) is 5.02 Å². The standard InChI is InChI=1S/C12H16Cl2O2/c1-7-5-9(14)6-8(2)11(7)12(16)10(15)3-4-13/h5-6,10,12,15-16H,3-4H2,1-2H3. The summed E-state index contributed by atoms with van der Waals surface area (Å²) in [7, 11) is 0. The van der Waals surface area contributed by atoms with Crippen molar-refractivity contribution in [1.82, 2.24) is 0 Å². The Hall–Kier alpha value is -0.280. The summed E-state index contributed by atoms with van der Waals surface area (Å²) in [5.41, 5.74) is 2.50. The van der Waals surface area contributed by atoms with Gasteiger partial charge in [0, 0.05) is 10.9 Å². The Morgan fingerprint density at radius 1 is 1.19 bits per heavy atom. The number of hydrogen-bond acceptors (Lipinski definition) is 2. The fourth-order valence-corrected chi connectivity index (χ4v) is 2.40. The van der Waals surface area contributed by atoms with Gasteiger partial charge in [-0.1, -0.05) is 11.6 Å². The molecule has 4 heteroatoms. The summed E-state index contributed by atoms with van der Waals surface area (Å²) in [5.74, 6) is 0.323. The minimum Gasteiger partial charge on any atom is -0.390 e. The molecule has 2 atom stereocenters. The molecule has 0 fully saturated rings. The fourth-order valence-electron chi connectivity index (χ4n) is 1.85. The fraction of sp³-hybridized carbons (Fsp3) is 0.500. The van der Waals surface area contributed by atoms with Gasteiger partial charge in [-0.05, 0) is 49.1 Å². The van der Waals surface area contributed by atoms with Crippen molar-refractivity contribution >= 4 is 23.2 Å². The first-order chi connectivity index (χ1) is 7.47. The van der Waals surface area contributed by atoms with Gasteiger partial charge in [-0.2, -0.15) is 0 Å². The van der Waals surface area contributed by atoms with E-state index in [1.54, 1.807) is 12.1 Å². The van der Waals surface area contributed by atoms with E-state index in [-0.39, 0.29) is 0 Å².